The van der Waals surface area contributed by atoms with Gasteiger partial charge in [0.2, 0.25) is 0 Å². The minimum absolute atomic E-state index is 0.0990. The van der Waals surface area contributed by atoms with E-state index in [1.807, 2.05) is 0 Å². The number of rotatable bonds is 30. The highest BCUT2D eigenvalue weighted by molar-refractivity contribution is 5.67. The second kappa shape index (κ2) is 26.3. The second-order valence-electron chi connectivity index (χ2n) is 11.4. The van der Waals surface area contributed by atoms with Gasteiger partial charge in [-0.25, -0.2) is 0 Å². The van der Waals surface area contributed by atoms with E-state index in [9.17, 15) is 19.5 Å². The fraction of sp³-hybridized carbons (Fsp3) is 0.844. The molecule has 0 heterocycles. The Kier molecular flexibility index (Phi) is 25.1. The first-order valence-corrected chi connectivity index (χ1v) is 15.9. The topological polar surface area (TPSA) is 115 Å². The van der Waals surface area contributed by atoms with E-state index in [4.69, 9.17) is 10.2 Å². The van der Waals surface area contributed by atoms with Gasteiger partial charge in [0.15, 0.2) is 0 Å². The zero-order chi connectivity index (χ0) is 29.0. The largest absolute Gasteiger partial charge is 0.550 e. The van der Waals surface area contributed by atoms with Crippen LogP contribution < -0.4 is 5.11 Å². The van der Waals surface area contributed by atoms with Crippen LogP contribution in [0.4, 0.5) is 0 Å². The molecule has 2 N–H and O–H groups in total. The van der Waals surface area contributed by atoms with Gasteiger partial charge in [-0.2, -0.15) is 0 Å². The molecule has 0 unspecified atom stereocenters. The van der Waals surface area contributed by atoms with Crippen molar-refractivity contribution in [2.75, 3.05) is 26.2 Å². The lowest BCUT2D eigenvalue weighted by Crippen LogP contribution is -2.53. The number of carboxylic acid groups (broad SMARTS) is 3. The maximum atomic E-state index is 11.1. The van der Waals surface area contributed by atoms with Gasteiger partial charge >= 0.3 is 11.9 Å². The van der Waals surface area contributed by atoms with Crippen LogP contribution in [0.15, 0.2) is 12.2 Å². The molecule has 0 spiro atoms. The monoisotopic (exact) mass is 553 g/mol. The van der Waals surface area contributed by atoms with Crippen LogP contribution in [0.25, 0.3) is 0 Å². The molecule has 0 aliphatic carbocycles. The zero-order valence-corrected chi connectivity index (χ0v) is 25.0. The molecule has 0 amide bonds. The molecule has 0 radical (unpaired) electrons. The van der Waals surface area contributed by atoms with Crippen LogP contribution in [-0.2, 0) is 14.4 Å². The number of carbonyl (C=O) groups excluding carboxylic acids is 1. The molecule has 0 aliphatic heterocycles. The lowest BCUT2D eigenvalue weighted by Gasteiger charge is -2.38. The summed E-state index contributed by atoms with van der Waals surface area (Å²) >= 11 is 0. The predicted octanol–water partition coefficient (Wildman–Crippen LogP) is 6.88. The molecule has 0 aromatic rings. The number of allylic oxidation sites excluding steroid dienone is 2. The van der Waals surface area contributed by atoms with Crippen LogP contribution in [0.3, 0.4) is 0 Å². The lowest BCUT2D eigenvalue weighted by molar-refractivity contribution is -0.927. The fourth-order valence-electron chi connectivity index (χ4n) is 5.24. The highest BCUT2D eigenvalue weighted by Crippen LogP contribution is 2.17. The van der Waals surface area contributed by atoms with E-state index in [0.717, 1.165) is 38.5 Å². The summed E-state index contributed by atoms with van der Waals surface area (Å²) < 4.78 is 0.217. The average Bonchev–Trinajstić information content (AvgIpc) is 2.90. The Labute approximate surface area is 238 Å². The van der Waals surface area contributed by atoms with E-state index >= 15 is 0 Å². The smallest absolute Gasteiger partial charge is 0.309 e. The molecule has 0 bridgehead atoms. The molecule has 0 aromatic heterocycles. The summed E-state index contributed by atoms with van der Waals surface area (Å²) in [4.78, 5) is 33.3. The summed E-state index contributed by atoms with van der Waals surface area (Å²) in [5.74, 6) is -3.09. The summed E-state index contributed by atoms with van der Waals surface area (Å²) in [5, 5.41) is 29.3. The number of hydrogen-bond donors (Lipinski definition) is 2. The second-order valence-corrected chi connectivity index (χ2v) is 11.4. The normalized spacial score (nSPS) is 11.8. The van der Waals surface area contributed by atoms with Gasteiger partial charge in [-0.05, 0) is 38.5 Å². The van der Waals surface area contributed by atoms with E-state index in [2.05, 4.69) is 19.1 Å². The van der Waals surface area contributed by atoms with Gasteiger partial charge in [-0.1, -0.05) is 103 Å². The number of carboxylic acids is 3. The third-order valence-corrected chi connectivity index (χ3v) is 7.78. The van der Waals surface area contributed by atoms with Gasteiger partial charge in [-0.3, -0.25) is 9.59 Å². The minimum atomic E-state index is -1.19. The van der Waals surface area contributed by atoms with Crippen molar-refractivity contribution < 1.29 is 34.2 Å². The average molecular weight is 554 g/mol. The van der Waals surface area contributed by atoms with Crippen LogP contribution in [0, 0.1) is 0 Å². The van der Waals surface area contributed by atoms with Crippen LogP contribution in [0.2, 0.25) is 0 Å². The van der Waals surface area contributed by atoms with Gasteiger partial charge in [-0.15, -0.1) is 0 Å². The number of aliphatic carboxylic acids is 3. The zero-order valence-electron chi connectivity index (χ0n) is 25.0. The van der Waals surface area contributed by atoms with Crippen molar-refractivity contribution in [1.82, 2.24) is 0 Å². The molecule has 39 heavy (non-hydrogen) atoms. The SMILES string of the molecule is CCCCCCCCCCCCCC/C=C/CCCCCCC[N+](CCC(=O)[O-])(CCC(=O)O)CCC(=O)O. The van der Waals surface area contributed by atoms with Crippen LogP contribution >= 0.6 is 0 Å². The van der Waals surface area contributed by atoms with Crippen LogP contribution in [0.1, 0.15) is 148 Å². The molecular formula is C32H59NO6. The Morgan fingerprint density at radius 2 is 0.897 bits per heavy atom. The summed E-state index contributed by atoms with van der Waals surface area (Å²) in [6.45, 7) is 3.59. The van der Waals surface area contributed by atoms with E-state index in [0.29, 0.717) is 6.54 Å². The Balaban J connectivity index is 3.90. The van der Waals surface area contributed by atoms with Gasteiger partial charge in [0, 0.05) is 12.4 Å². The first kappa shape index (κ1) is 37.1. The summed E-state index contributed by atoms with van der Waals surface area (Å²) in [6.07, 6.45) is 28.2. The standard InChI is InChI=1S/C32H59NO6/c1-2-3-4-5-6-7-8-9-10-11-12-13-14-15-16-17-18-19-20-21-22-26-33(27-23-30(34)35,28-24-31(36)37)29-25-32(38)39/h15-16H,2-14,17-29H2,1H3,(H2-,34,35,36,37,38,39)/b16-15+. The van der Waals surface area contributed by atoms with Crippen molar-refractivity contribution in [2.24, 2.45) is 0 Å². The summed E-state index contributed by atoms with van der Waals surface area (Å²) in [6, 6.07) is 0. The molecular weight excluding hydrogens is 494 g/mol. The summed E-state index contributed by atoms with van der Waals surface area (Å²) in [5.41, 5.74) is 0. The predicted molar refractivity (Wildman–Crippen MR) is 156 cm³/mol. The number of hydrogen-bond acceptors (Lipinski definition) is 4. The van der Waals surface area contributed by atoms with Gasteiger partial charge in [0.05, 0.1) is 39.0 Å². The maximum Gasteiger partial charge on any atom is 0.309 e. The highest BCUT2D eigenvalue weighted by atomic mass is 16.4. The van der Waals surface area contributed by atoms with Gasteiger partial charge < -0.3 is 24.6 Å². The number of unbranched alkanes of at least 4 members (excludes halogenated alkanes) is 17. The number of nitrogens with zero attached hydrogens (tertiary/aromatic N) is 1. The molecule has 7 nitrogen and oxygen atoms in total. The van der Waals surface area contributed by atoms with E-state index in [1.165, 1.54) is 83.5 Å². The molecule has 228 valence electrons. The fourth-order valence-corrected chi connectivity index (χ4v) is 5.24. The molecule has 0 atom stereocenters. The van der Waals surface area contributed by atoms with E-state index < -0.39 is 17.9 Å². The van der Waals surface area contributed by atoms with Gasteiger partial charge in [0.1, 0.15) is 0 Å². The lowest BCUT2D eigenvalue weighted by atomic mass is 10.0. The molecule has 0 aliphatic rings. The number of carbonyl (C=O) groups is 3. The van der Waals surface area contributed by atoms with Crippen molar-refractivity contribution in [3.05, 3.63) is 12.2 Å². The molecule has 0 rings (SSSR count). The highest BCUT2D eigenvalue weighted by Gasteiger charge is 2.28. The Bertz CT molecular complexity index is 603. The molecule has 0 aromatic carbocycles. The Hall–Kier alpha value is -1.89. The van der Waals surface area contributed by atoms with Gasteiger partial charge in [0.25, 0.3) is 0 Å². The van der Waals surface area contributed by atoms with Crippen molar-refractivity contribution in [3.63, 3.8) is 0 Å². The third kappa shape index (κ3) is 26.1. The molecule has 0 saturated heterocycles. The quantitative estimate of drug-likeness (QED) is 0.0569. The molecule has 0 saturated carbocycles. The van der Waals surface area contributed by atoms with Crippen molar-refractivity contribution >= 4 is 17.9 Å². The Morgan fingerprint density at radius 3 is 1.28 bits per heavy atom. The van der Waals surface area contributed by atoms with Crippen molar-refractivity contribution in [1.29, 1.82) is 0 Å². The number of quaternary nitrogens is 1. The van der Waals surface area contributed by atoms with E-state index in [-0.39, 0.29) is 43.4 Å². The molecule has 0 fully saturated rings. The van der Waals surface area contributed by atoms with Crippen molar-refractivity contribution in [3.8, 4) is 0 Å². The molecule has 7 heteroatoms. The maximum absolute atomic E-state index is 11.1. The van der Waals surface area contributed by atoms with Crippen molar-refractivity contribution in [2.45, 2.75) is 148 Å². The van der Waals surface area contributed by atoms with Crippen LogP contribution in [-0.4, -0.2) is 58.8 Å². The Morgan fingerprint density at radius 1 is 0.538 bits per heavy atom. The van der Waals surface area contributed by atoms with Crippen LogP contribution in [0.5, 0.6) is 0 Å². The van der Waals surface area contributed by atoms with E-state index in [1.54, 1.807) is 0 Å². The first-order valence-electron chi connectivity index (χ1n) is 15.9. The summed E-state index contributed by atoms with van der Waals surface area (Å²) in [7, 11) is 0. The minimum Gasteiger partial charge on any atom is -0.550 e. The first-order chi connectivity index (χ1) is 18.8. The third-order valence-electron chi connectivity index (χ3n) is 7.78.